The summed E-state index contributed by atoms with van der Waals surface area (Å²) in [7, 11) is -12.0. The highest BCUT2D eigenvalue weighted by Gasteiger charge is 2.65. The van der Waals surface area contributed by atoms with E-state index in [-0.39, 0.29) is 28.0 Å². The van der Waals surface area contributed by atoms with Gasteiger partial charge < -0.3 is 9.53 Å². The minimum Gasteiger partial charge on any atom is -0.410 e. The molecular formula is C28H42F5NO2SSi. The van der Waals surface area contributed by atoms with Crippen LogP contribution in [-0.2, 0) is 10.8 Å². The summed E-state index contributed by atoms with van der Waals surface area (Å²) in [5, 5.41) is 11.4. The van der Waals surface area contributed by atoms with Crippen LogP contribution in [0.4, 0.5) is 19.4 Å². The number of aliphatic hydroxyl groups excluding tert-OH is 1. The Hall–Kier alpha value is -1.49. The maximum atomic E-state index is 13.3. The number of aliphatic hydroxyl groups is 1. The Morgan fingerprint density at radius 2 is 1.58 bits per heavy atom. The van der Waals surface area contributed by atoms with Gasteiger partial charge in [0.2, 0.25) is 0 Å². The molecule has 3 rings (SSSR count). The smallest absolute Gasteiger partial charge is 0.310 e. The molecule has 0 radical (unpaired) electrons. The second kappa shape index (κ2) is 8.75. The van der Waals surface area contributed by atoms with Gasteiger partial charge in [-0.1, -0.05) is 80.0 Å². The topological polar surface area (TPSA) is 42.4 Å². The third-order valence-corrected chi connectivity index (χ3v) is 13.7. The van der Waals surface area contributed by atoms with Crippen molar-refractivity contribution in [2.45, 2.75) is 109 Å². The zero-order chi connectivity index (χ0) is 29.3. The summed E-state index contributed by atoms with van der Waals surface area (Å²) in [6.45, 7) is 21.1. The molecule has 216 valence electrons. The van der Waals surface area contributed by atoms with Gasteiger partial charge in [-0.3, -0.25) is 4.98 Å². The SMILES string of the molecule is Cc1c2c(nc(C(C)C)c1[C@H](O)c1ccc(S(F)(F)(F)(F)F)cc1)CC(C)(C)CC2O[Si](C)(C)C(C)(C)C. The molecule has 0 bridgehead atoms. The molecule has 1 unspecified atom stereocenters. The number of aromatic nitrogens is 1. The Bertz CT molecular complexity index is 1220. The molecule has 3 nitrogen and oxygen atoms in total. The van der Waals surface area contributed by atoms with Crippen LogP contribution in [0.3, 0.4) is 0 Å². The third kappa shape index (κ3) is 6.29. The molecule has 0 fully saturated rings. The molecule has 1 aromatic carbocycles. The number of rotatable bonds is 6. The lowest BCUT2D eigenvalue weighted by Gasteiger charge is -2.45. The lowest BCUT2D eigenvalue weighted by molar-refractivity contribution is 0.105. The van der Waals surface area contributed by atoms with E-state index in [9.17, 15) is 24.5 Å². The molecule has 2 aromatic rings. The van der Waals surface area contributed by atoms with Crippen molar-refractivity contribution < 1.29 is 29.0 Å². The fourth-order valence-corrected chi connectivity index (χ4v) is 6.92. The molecule has 0 aliphatic heterocycles. The quantitative estimate of drug-likeness (QED) is 0.273. The minimum atomic E-state index is -9.81. The van der Waals surface area contributed by atoms with Gasteiger partial charge in [0.1, 0.15) is 11.0 Å². The van der Waals surface area contributed by atoms with Crippen molar-refractivity contribution in [1.82, 2.24) is 4.98 Å². The molecule has 0 amide bonds. The van der Waals surface area contributed by atoms with Crippen molar-refractivity contribution in [3.8, 4) is 0 Å². The van der Waals surface area contributed by atoms with Crippen LogP contribution in [0.1, 0.15) is 107 Å². The van der Waals surface area contributed by atoms with E-state index < -0.39 is 29.5 Å². The number of halogens is 5. The zero-order valence-electron chi connectivity index (χ0n) is 24.1. The van der Waals surface area contributed by atoms with Gasteiger partial charge in [-0.15, -0.1) is 0 Å². The lowest BCUT2D eigenvalue weighted by Crippen LogP contribution is -2.44. The Labute approximate surface area is 225 Å². The average Bonchev–Trinajstić information content (AvgIpc) is 2.69. The van der Waals surface area contributed by atoms with Crippen molar-refractivity contribution in [3.05, 3.63) is 57.9 Å². The van der Waals surface area contributed by atoms with E-state index in [1.807, 2.05) is 20.8 Å². The first-order chi connectivity index (χ1) is 16.7. The molecular weight excluding hydrogens is 537 g/mol. The molecule has 38 heavy (non-hydrogen) atoms. The maximum absolute atomic E-state index is 13.3. The lowest BCUT2D eigenvalue weighted by atomic mass is 9.72. The van der Waals surface area contributed by atoms with Crippen LogP contribution in [0, 0.1) is 12.3 Å². The van der Waals surface area contributed by atoms with Crippen molar-refractivity contribution in [2.75, 3.05) is 0 Å². The molecule has 0 saturated carbocycles. The van der Waals surface area contributed by atoms with Crippen LogP contribution in [0.25, 0.3) is 0 Å². The predicted molar refractivity (Wildman–Crippen MR) is 148 cm³/mol. The largest absolute Gasteiger partial charge is 0.410 e. The van der Waals surface area contributed by atoms with E-state index in [0.29, 0.717) is 23.4 Å². The summed E-state index contributed by atoms with van der Waals surface area (Å²) < 4.78 is 73.3. The van der Waals surface area contributed by atoms with Gasteiger partial charge >= 0.3 is 10.2 Å². The summed E-state index contributed by atoms with van der Waals surface area (Å²) in [5.41, 5.74) is 3.82. The molecule has 0 spiro atoms. The fourth-order valence-electron chi connectivity index (χ4n) is 5.00. The van der Waals surface area contributed by atoms with Gasteiger partial charge in [0.15, 0.2) is 8.32 Å². The van der Waals surface area contributed by atoms with E-state index in [4.69, 9.17) is 9.41 Å². The van der Waals surface area contributed by atoms with Gasteiger partial charge in [-0.25, -0.2) is 0 Å². The van der Waals surface area contributed by atoms with Crippen molar-refractivity contribution in [3.63, 3.8) is 0 Å². The highest BCUT2D eigenvalue weighted by atomic mass is 32.5. The number of pyridine rings is 1. The van der Waals surface area contributed by atoms with Crippen LogP contribution in [0.15, 0.2) is 29.2 Å². The Balaban J connectivity index is 2.20. The number of benzene rings is 1. The first kappa shape index (κ1) is 31.0. The van der Waals surface area contributed by atoms with Crippen LogP contribution in [-0.4, -0.2) is 18.4 Å². The summed E-state index contributed by atoms with van der Waals surface area (Å²) >= 11 is 0. The molecule has 0 saturated heterocycles. The molecule has 1 N–H and O–H groups in total. The molecule has 1 aromatic heterocycles. The molecule has 2 atom stereocenters. The van der Waals surface area contributed by atoms with E-state index in [0.717, 1.165) is 41.8 Å². The second-order valence-corrected chi connectivity index (χ2v) is 20.6. The maximum Gasteiger partial charge on any atom is 0.310 e. The van der Waals surface area contributed by atoms with Gasteiger partial charge in [0.05, 0.1) is 6.10 Å². The molecule has 10 heteroatoms. The monoisotopic (exact) mass is 579 g/mol. The zero-order valence-corrected chi connectivity index (χ0v) is 25.9. The van der Waals surface area contributed by atoms with Crippen LogP contribution < -0.4 is 0 Å². The van der Waals surface area contributed by atoms with Crippen molar-refractivity contribution in [1.29, 1.82) is 0 Å². The normalized spacial score (nSPS) is 21.0. The fraction of sp³-hybridized carbons (Fsp3) is 0.607. The Kier molecular flexibility index (Phi) is 7.15. The van der Waals surface area contributed by atoms with Gasteiger partial charge in [-0.05, 0) is 72.5 Å². The first-order valence-electron chi connectivity index (χ1n) is 13.0. The van der Waals surface area contributed by atoms with Gasteiger partial charge in [0.25, 0.3) is 0 Å². The summed E-state index contributed by atoms with van der Waals surface area (Å²) in [6, 6.07) is 2.55. The van der Waals surface area contributed by atoms with E-state index >= 15 is 0 Å². The average molecular weight is 580 g/mol. The van der Waals surface area contributed by atoms with Crippen molar-refractivity contribution >= 4 is 18.5 Å². The summed E-state index contributed by atoms with van der Waals surface area (Å²) in [6.07, 6.45) is -0.0783. The van der Waals surface area contributed by atoms with Crippen LogP contribution in [0.2, 0.25) is 18.1 Å². The van der Waals surface area contributed by atoms with E-state index in [2.05, 4.69) is 47.7 Å². The van der Waals surface area contributed by atoms with Gasteiger partial charge in [0, 0.05) is 22.5 Å². The van der Waals surface area contributed by atoms with Crippen LogP contribution in [0.5, 0.6) is 0 Å². The Morgan fingerprint density at radius 1 is 1.05 bits per heavy atom. The highest BCUT2D eigenvalue weighted by Crippen LogP contribution is 3.02. The second-order valence-electron chi connectivity index (χ2n) is 13.4. The molecule has 1 heterocycles. The number of fused-ring (bicyclic) bond motifs is 1. The molecule has 1 aliphatic carbocycles. The predicted octanol–water partition coefficient (Wildman–Crippen LogP) is 10.3. The van der Waals surface area contributed by atoms with Gasteiger partial charge in [-0.2, -0.15) is 0 Å². The minimum absolute atomic E-state index is 0.0269. The van der Waals surface area contributed by atoms with Crippen LogP contribution >= 0.6 is 10.2 Å². The summed E-state index contributed by atoms with van der Waals surface area (Å²) in [5.74, 6) is -0.0857. The number of hydrogen-bond acceptors (Lipinski definition) is 3. The standard InChI is InChI=1S/C28H42F5NO2SSi/c1-17(2)25-24(26(35)19-11-13-20(14-12-19)37(29,30,31,32)33)18(3)23-21(34-25)15-28(7,8)16-22(23)36-38(9,10)27(4,5)6/h11-14,17,22,26,35H,15-16H2,1-10H3/t22?,26-/m1/s1. The molecule has 1 aliphatic rings. The van der Waals surface area contributed by atoms with Crippen molar-refractivity contribution in [2.24, 2.45) is 5.41 Å². The highest BCUT2D eigenvalue weighted by molar-refractivity contribution is 8.45. The first-order valence-corrected chi connectivity index (χ1v) is 17.8. The van der Waals surface area contributed by atoms with E-state index in [1.54, 1.807) is 0 Å². The van der Waals surface area contributed by atoms with E-state index in [1.165, 1.54) is 0 Å². The number of nitrogens with zero attached hydrogens (tertiary/aromatic N) is 1. The summed E-state index contributed by atoms with van der Waals surface area (Å²) in [4.78, 5) is 3.04. The number of hydrogen-bond donors (Lipinski definition) is 1. The third-order valence-electron chi connectivity index (χ3n) is 8.06. The Morgan fingerprint density at radius 3 is 2.03 bits per heavy atom.